The molecular weight excluding hydrogens is 222 g/mol. The maximum Gasteiger partial charge on any atom is 0.244 e. The monoisotopic (exact) mass is 244 g/mol. The molecule has 0 radical (unpaired) electrons. The molecule has 0 aliphatic carbocycles. The van der Waals surface area contributed by atoms with Crippen LogP contribution in [0.3, 0.4) is 0 Å². The SMILES string of the molecule is CN(C)CCCn1cc[n+](Cc2ccccc2)c1. The Kier molecular flexibility index (Phi) is 4.53. The number of nitrogens with zero attached hydrogens (tertiary/aromatic N) is 3. The van der Waals surface area contributed by atoms with E-state index in [1.54, 1.807) is 0 Å². The Morgan fingerprint density at radius 3 is 2.67 bits per heavy atom. The molecule has 3 heteroatoms. The van der Waals surface area contributed by atoms with Gasteiger partial charge < -0.3 is 4.90 Å². The van der Waals surface area contributed by atoms with Crippen LogP contribution in [0.15, 0.2) is 49.1 Å². The second-order valence-corrected chi connectivity index (χ2v) is 4.97. The summed E-state index contributed by atoms with van der Waals surface area (Å²) >= 11 is 0. The number of imidazole rings is 1. The van der Waals surface area contributed by atoms with Gasteiger partial charge in [0.2, 0.25) is 6.33 Å². The van der Waals surface area contributed by atoms with Crippen LogP contribution in [-0.2, 0) is 13.1 Å². The van der Waals surface area contributed by atoms with Crippen LogP contribution in [0.2, 0.25) is 0 Å². The summed E-state index contributed by atoms with van der Waals surface area (Å²) < 4.78 is 4.48. The van der Waals surface area contributed by atoms with Gasteiger partial charge in [-0.1, -0.05) is 30.3 Å². The molecule has 96 valence electrons. The van der Waals surface area contributed by atoms with Gasteiger partial charge in [-0.15, -0.1) is 0 Å². The highest BCUT2D eigenvalue weighted by molar-refractivity contribution is 5.13. The van der Waals surface area contributed by atoms with E-state index in [4.69, 9.17) is 0 Å². The second-order valence-electron chi connectivity index (χ2n) is 4.97. The smallest absolute Gasteiger partial charge is 0.244 e. The lowest BCUT2D eigenvalue weighted by atomic mass is 10.2. The zero-order valence-corrected chi connectivity index (χ0v) is 11.3. The van der Waals surface area contributed by atoms with Gasteiger partial charge in [-0.3, -0.25) is 0 Å². The summed E-state index contributed by atoms with van der Waals surface area (Å²) in [6, 6.07) is 10.6. The van der Waals surface area contributed by atoms with Crippen LogP contribution in [0.4, 0.5) is 0 Å². The number of benzene rings is 1. The third kappa shape index (κ3) is 4.00. The largest absolute Gasteiger partial charge is 0.309 e. The van der Waals surface area contributed by atoms with Gasteiger partial charge in [-0.2, -0.15) is 0 Å². The molecule has 0 saturated carbocycles. The average molecular weight is 244 g/mol. The van der Waals surface area contributed by atoms with E-state index in [1.165, 1.54) is 12.0 Å². The predicted molar refractivity (Wildman–Crippen MR) is 73.3 cm³/mol. The molecule has 1 heterocycles. The minimum Gasteiger partial charge on any atom is -0.309 e. The van der Waals surface area contributed by atoms with Crippen LogP contribution < -0.4 is 4.57 Å². The molecule has 0 N–H and O–H groups in total. The summed E-state index contributed by atoms with van der Waals surface area (Å²) in [6.07, 6.45) is 7.66. The molecule has 3 nitrogen and oxygen atoms in total. The Labute approximate surface area is 109 Å². The number of aryl methyl sites for hydroxylation is 1. The van der Waals surface area contributed by atoms with Gasteiger partial charge in [0.1, 0.15) is 18.9 Å². The fraction of sp³-hybridized carbons (Fsp3) is 0.400. The van der Waals surface area contributed by atoms with E-state index in [2.05, 4.69) is 77.2 Å². The van der Waals surface area contributed by atoms with E-state index < -0.39 is 0 Å². The zero-order chi connectivity index (χ0) is 12.8. The molecule has 0 atom stereocenters. The average Bonchev–Trinajstić information content (AvgIpc) is 2.78. The highest BCUT2D eigenvalue weighted by atomic mass is 15.1. The molecule has 0 fully saturated rings. The summed E-state index contributed by atoms with van der Waals surface area (Å²) in [7, 11) is 4.23. The zero-order valence-electron chi connectivity index (χ0n) is 11.3. The summed E-state index contributed by atoms with van der Waals surface area (Å²) in [5.74, 6) is 0. The summed E-state index contributed by atoms with van der Waals surface area (Å²) in [5.41, 5.74) is 1.34. The fourth-order valence-corrected chi connectivity index (χ4v) is 2.03. The van der Waals surface area contributed by atoms with Crippen molar-refractivity contribution in [3.8, 4) is 0 Å². The Hall–Kier alpha value is -1.61. The van der Waals surface area contributed by atoms with Crippen molar-refractivity contribution < 1.29 is 4.57 Å². The van der Waals surface area contributed by atoms with Crippen molar-refractivity contribution in [2.24, 2.45) is 0 Å². The van der Waals surface area contributed by atoms with Gasteiger partial charge in [0.05, 0.1) is 6.54 Å². The van der Waals surface area contributed by atoms with Crippen molar-refractivity contribution in [3.63, 3.8) is 0 Å². The van der Waals surface area contributed by atoms with Crippen LogP contribution in [0.5, 0.6) is 0 Å². The highest BCUT2D eigenvalue weighted by Gasteiger charge is 2.04. The Balaban J connectivity index is 1.86. The van der Waals surface area contributed by atoms with Gasteiger partial charge in [0.25, 0.3) is 0 Å². The van der Waals surface area contributed by atoms with Crippen LogP contribution in [0, 0.1) is 0 Å². The predicted octanol–water partition coefficient (Wildman–Crippen LogP) is 1.78. The van der Waals surface area contributed by atoms with Gasteiger partial charge >= 0.3 is 0 Å². The quantitative estimate of drug-likeness (QED) is 0.705. The summed E-state index contributed by atoms with van der Waals surface area (Å²) in [4.78, 5) is 2.22. The molecule has 0 saturated heterocycles. The van der Waals surface area contributed by atoms with E-state index >= 15 is 0 Å². The Morgan fingerprint density at radius 2 is 1.94 bits per heavy atom. The number of hydrogen-bond acceptors (Lipinski definition) is 1. The van der Waals surface area contributed by atoms with E-state index in [-0.39, 0.29) is 0 Å². The van der Waals surface area contributed by atoms with Gasteiger partial charge in [0.15, 0.2) is 0 Å². The van der Waals surface area contributed by atoms with Gasteiger partial charge in [-0.05, 0) is 26.1 Å². The fourth-order valence-electron chi connectivity index (χ4n) is 2.03. The third-order valence-electron chi connectivity index (χ3n) is 2.98. The molecular formula is C15H22N3+. The molecule has 18 heavy (non-hydrogen) atoms. The molecule has 0 spiro atoms. The van der Waals surface area contributed by atoms with Gasteiger partial charge in [-0.25, -0.2) is 9.13 Å². The molecule has 1 aromatic carbocycles. The Morgan fingerprint density at radius 1 is 1.17 bits per heavy atom. The summed E-state index contributed by atoms with van der Waals surface area (Å²) in [6.45, 7) is 3.17. The molecule has 0 aliphatic rings. The first-order chi connectivity index (χ1) is 8.74. The second kappa shape index (κ2) is 6.36. The third-order valence-corrected chi connectivity index (χ3v) is 2.98. The molecule has 2 rings (SSSR count). The Bertz CT molecular complexity index is 460. The molecule has 0 unspecified atom stereocenters. The van der Waals surface area contributed by atoms with Gasteiger partial charge in [0, 0.05) is 6.54 Å². The first kappa shape index (κ1) is 12.8. The molecule has 0 bridgehead atoms. The lowest BCUT2D eigenvalue weighted by Crippen LogP contribution is -2.31. The van der Waals surface area contributed by atoms with Crippen molar-refractivity contribution in [3.05, 3.63) is 54.6 Å². The van der Waals surface area contributed by atoms with Crippen molar-refractivity contribution in [2.75, 3.05) is 20.6 Å². The normalized spacial score (nSPS) is 11.1. The summed E-state index contributed by atoms with van der Waals surface area (Å²) in [5, 5.41) is 0. The van der Waals surface area contributed by atoms with E-state index in [0.29, 0.717) is 0 Å². The van der Waals surface area contributed by atoms with Crippen LogP contribution in [0.25, 0.3) is 0 Å². The number of aromatic nitrogens is 2. The number of hydrogen-bond donors (Lipinski definition) is 0. The molecule has 0 amide bonds. The first-order valence-electron chi connectivity index (χ1n) is 6.47. The maximum atomic E-state index is 2.26. The minimum atomic E-state index is 0.946. The van der Waals surface area contributed by atoms with Crippen molar-refractivity contribution >= 4 is 0 Å². The van der Waals surface area contributed by atoms with Crippen molar-refractivity contribution in [2.45, 2.75) is 19.5 Å². The van der Waals surface area contributed by atoms with E-state index in [0.717, 1.165) is 19.6 Å². The lowest BCUT2D eigenvalue weighted by Gasteiger charge is -2.06. The van der Waals surface area contributed by atoms with Crippen LogP contribution in [0.1, 0.15) is 12.0 Å². The first-order valence-corrected chi connectivity index (χ1v) is 6.47. The topological polar surface area (TPSA) is 12.1 Å². The van der Waals surface area contributed by atoms with E-state index in [9.17, 15) is 0 Å². The van der Waals surface area contributed by atoms with Crippen molar-refractivity contribution in [1.29, 1.82) is 0 Å². The molecule has 1 aromatic heterocycles. The lowest BCUT2D eigenvalue weighted by molar-refractivity contribution is -0.687. The number of rotatable bonds is 6. The molecule has 2 aromatic rings. The van der Waals surface area contributed by atoms with Crippen LogP contribution >= 0.6 is 0 Å². The highest BCUT2D eigenvalue weighted by Crippen LogP contribution is 1.98. The van der Waals surface area contributed by atoms with Crippen molar-refractivity contribution in [1.82, 2.24) is 9.47 Å². The van der Waals surface area contributed by atoms with E-state index in [1.807, 2.05) is 0 Å². The maximum absolute atomic E-state index is 2.26. The molecule has 0 aliphatic heterocycles. The van der Waals surface area contributed by atoms with Crippen LogP contribution in [-0.4, -0.2) is 30.1 Å². The minimum absolute atomic E-state index is 0.946. The standard InChI is InChI=1S/C15H22N3/c1-16(2)9-6-10-17-11-12-18(14-17)13-15-7-4-3-5-8-15/h3-5,7-8,11-12,14H,6,9-10,13H2,1-2H3/q+1.